The van der Waals surface area contributed by atoms with Crippen molar-refractivity contribution in [3.63, 3.8) is 0 Å². The van der Waals surface area contributed by atoms with E-state index in [9.17, 15) is 19.7 Å². The Kier molecular flexibility index (Phi) is 5.82. The van der Waals surface area contributed by atoms with Crippen LogP contribution >= 0.6 is 0 Å². The van der Waals surface area contributed by atoms with Crippen molar-refractivity contribution in [1.29, 1.82) is 0 Å². The van der Waals surface area contributed by atoms with Gasteiger partial charge < -0.3 is 19.1 Å². The number of nitro benzene ring substituents is 1. The summed E-state index contributed by atoms with van der Waals surface area (Å²) in [6.45, 7) is 8.92. The Morgan fingerprint density at radius 2 is 2.20 bits per heavy atom. The third kappa shape index (κ3) is 4.14. The molecule has 0 fully saturated rings. The van der Waals surface area contributed by atoms with Crippen LogP contribution in [0.15, 0.2) is 42.7 Å². The van der Waals surface area contributed by atoms with E-state index < -0.39 is 28.6 Å². The van der Waals surface area contributed by atoms with E-state index in [4.69, 9.17) is 14.2 Å². The molecule has 0 aliphatic carbocycles. The summed E-state index contributed by atoms with van der Waals surface area (Å²) in [5, 5.41) is 11.3. The molecule has 1 aromatic carbocycles. The van der Waals surface area contributed by atoms with Crippen LogP contribution in [0.4, 0.5) is 5.69 Å². The Morgan fingerprint density at radius 1 is 1.47 bits per heavy atom. The van der Waals surface area contributed by atoms with E-state index in [1.165, 1.54) is 36.1 Å². The predicted molar refractivity (Wildman–Crippen MR) is 107 cm³/mol. The van der Waals surface area contributed by atoms with Crippen molar-refractivity contribution >= 4 is 17.6 Å². The molecule has 160 valence electrons. The summed E-state index contributed by atoms with van der Waals surface area (Å²) >= 11 is 0. The van der Waals surface area contributed by atoms with Gasteiger partial charge in [-0.3, -0.25) is 19.7 Å². The summed E-state index contributed by atoms with van der Waals surface area (Å²) < 4.78 is 17.2. The number of ether oxygens (including phenoxy) is 3. The van der Waals surface area contributed by atoms with Gasteiger partial charge in [0.2, 0.25) is 0 Å². The Hall–Kier alpha value is -3.36. The number of carbonyl (C=O) groups excluding carboxylic acids is 2. The minimum Gasteiger partial charge on any atom is -0.496 e. The van der Waals surface area contributed by atoms with Crippen LogP contribution in [0.2, 0.25) is 0 Å². The highest BCUT2D eigenvalue weighted by Gasteiger charge is 2.51. The van der Waals surface area contributed by atoms with Gasteiger partial charge in [-0.1, -0.05) is 6.08 Å². The molecule has 0 saturated heterocycles. The number of nitro groups is 1. The molecule has 9 heteroatoms. The second-order valence-electron chi connectivity index (χ2n) is 7.66. The van der Waals surface area contributed by atoms with Crippen molar-refractivity contribution in [2.24, 2.45) is 0 Å². The smallest absolute Gasteiger partial charge is 0.303 e. The van der Waals surface area contributed by atoms with Crippen LogP contribution in [0.3, 0.4) is 0 Å². The second-order valence-corrected chi connectivity index (χ2v) is 7.66. The van der Waals surface area contributed by atoms with Gasteiger partial charge >= 0.3 is 5.97 Å². The number of hydrogen-bond acceptors (Lipinski definition) is 7. The molecule has 3 rings (SSSR count). The third-order valence-corrected chi connectivity index (χ3v) is 5.00. The molecule has 2 aliphatic heterocycles. The SMILES string of the molecule is C=CCCOC1=CC(=O)N([C@H]2c3cc([N+](=O)[O-])ccc3OC(C)(C)[C@@H]2OC(C)=O)C1. The van der Waals surface area contributed by atoms with Crippen molar-refractivity contribution in [3.8, 4) is 5.75 Å². The molecular formula is C21H24N2O7. The van der Waals surface area contributed by atoms with Crippen molar-refractivity contribution in [3.05, 3.63) is 58.4 Å². The van der Waals surface area contributed by atoms with Gasteiger partial charge in [-0.2, -0.15) is 0 Å². The number of benzene rings is 1. The van der Waals surface area contributed by atoms with Crippen LogP contribution in [0.25, 0.3) is 0 Å². The third-order valence-electron chi connectivity index (χ3n) is 5.00. The molecule has 1 aromatic rings. The van der Waals surface area contributed by atoms with Gasteiger partial charge in [0.05, 0.1) is 18.1 Å². The highest BCUT2D eigenvalue weighted by Crippen LogP contribution is 2.46. The molecule has 2 atom stereocenters. The summed E-state index contributed by atoms with van der Waals surface area (Å²) in [7, 11) is 0. The van der Waals surface area contributed by atoms with Crippen molar-refractivity contribution in [2.45, 2.75) is 44.9 Å². The van der Waals surface area contributed by atoms with Gasteiger partial charge in [0, 0.05) is 30.7 Å². The highest BCUT2D eigenvalue weighted by molar-refractivity contribution is 5.91. The van der Waals surface area contributed by atoms with Crippen molar-refractivity contribution < 1.29 is 28.7 Å². The minimum atomic E-state index is -0.980. The van der Waals surface area contributed by atoms with Gasteiger partial charge in [0.1, 0.15) is 23.2 Å². The Bertz CT molecular complexity index is 922. The number of hydrogen-bond donors (Lipinski definition) is 0. The van der Waals surface area contributed by atoms with E-state index in [2.05, 4.69) is 6.58 Å². The molecule has 0 radical (unpaired) electrons. The summed E-state index contributed by atoms with van der Waals surface area (Å²) in [5.74, 6) is -0.00828. The molecule has 0 spiro atoms. The Balaban J connectivity index is 2.03. The Morgan fingerprint density at radius 3 is 2.83 bits per heavy atom. The number of non-ortho nitro benzene ring substituents is 1. The standard InChI is InChI=1S/C21H24N2O7/c1-5-6-9-28-15-11-18(25)22(12-15)19-16-10-14(23(26)27)7-8-17(16)30-21(3,4)20(19)29-13(2)24/h5,7-8,10-11,19-20H,1,6,9,12H2,2-4H3/t19-,20+/m0/s1. The first-order valence-corrected chi connectivity index (χ1v) is 9.53. The van der Waals surface area contributed by atoms with E-state index in [1.54, 1.807) is 19.9 Å². The second kappa shape index (κ2) is 8.17. The van der Waals surface area contributed by atoms with E-state index >= 15 is 0 Å². The fourth-order valence-electron chi connectivity index (χ4n) is 3.68. The van der Waals surface area contributed by atoms with Gasteiger partial charge in [0.15, 0.2) is 6.10 Å². The number of amides is 1. The maximum atomic E-state index is 12.8. The minimum absolute atomic E-state index is 0.148. The summed E-state index contributed by atoms with van der Waals surface area (Å²) in [4.78, 5) is 36.9. The number of rotatable bonds is 7. The lowest BCUT2D eigenvalue weighted by molar-refractivity contribution is -0.385. The van der Waals surface area contributed by atoms with Crippen LogP contribution in [-0.4, -0.2) is 46.6 Å². The van der Waals surface area contributed by atoms with E-state index in [-0.39, 0.29) is 18.1 Å². The zero-order valence-corrected chi connectivity index (χ0v) is 17.1. The lowest BCUT2D eigenvalue weighted by atomic mass is 9.85. The van der Waals surface area contributed by atoms with Crippen LogP contribution in [0.1, 0.15) is 38.8 Å². The number of fused-ring (bicyclic) bond motifs is 1. The van der Waals surface area contributed by atoms with Gasteiger partial charge in [-0.25, -0.2) is 0 Å². The van der Waals surface area contributed by atoms with Crippen LogP contribution in [0.5, 0.6) is 5.75 Å². The van der Waals surface area contributed by atoms with Gasteiger partial charge in [-0.05, 0) is 26.3 Å². The number of carbonyl (C=O) groups is 2. The van der Waals surface area contributed by atoms with Crippen molar-refractivity contribution in [1.82, 2.24) is 4.90 Å². The monoisotopic (exact) mass is 416 g/mol. The zero-order valence-electron chi connectivity index (χ0n) is 17.1. The summed E-state index contributed by atoms with van der Waals surface area (Å²) in [6.07, 6.45) is 2.84. The molecule has 2 heterocycles. The zero-order chi connectivity index (χ0) is 22.1. The largest absolute Gasteiger partial charge is 0.496 e. The lowest BCUT2D eigenvalue weighted by Gasteiger charge is -2.46. The topological polar surface area (TPSA) is 108 Å². The van der Waals surface area contributed by atoms with Crippen LogP contribution < -0.4 is 4.74 Å². The molecule has 0 saturated carbocycles. The van der Waals surface area contributed by atoms with Crippen molar-refractivity contribution in [2.75, 3.05) is 13.2 Å². The van der Waals surface area contributed by atoms with Gasteiger partial charge in [0.25, 0.3) is 11.6 Å². The molecule has 9 nitrogen and oxygen atoms in total. The summed E-state index contributed by atoms with van der Waals surface area (Å²) in [5.41, 5.74) is -0.721. The van der Waals surface area contributed by atoms with E-state index in [0.717, 1.165) is 0 Å². The molecule has 0 aromatic heterocycles. The first-order valence-electron chi connectivity index (χ1n) is 9.53. The molecule has 0 unspecified atom stereocenters. The quantitative estimate of drug-likeness (QED) is 0.221. The number of nitrogens with zero attached hydrogens (tertiary/aromatic N) is 2. The van der Waals surface area contributed by atoms with Crippen LogP contribution in [-0.2, 0) is 19.1 Å². The van der Waals surface area contributed by atoms with E-state index in [1.807, 2.05) is 0 Å². The molecule has 0 bridgehead atoms. The van der Waals surface area contributed by atoms with Crippen LogP contribution in [0, 0.1) is 10.1 Å². The first kappa shape index (κ1) is 21.4. The lowest BCUT2D eigenvalue weighted by Crippen LogP contribution is -2.55. The first-order chi connectivity index (χ1) is 14.1. The summed E-state index contributed by atoms with van der Waals surface area (Å²) in [6, 6.07) is 3.42. The molecular weight excluding hydrogens is 392 g/mol. The Labute approximate surface area is 174 Å². The normalized spacial score (nSPS) is 21.9. The fraction of sp³-hybridized carbons (Fsp3) is 0.429. The average molecular weight is 416 g/mol. The van der Waals surface area contributed by atoms with Gasteiger partial charge in [-0.15, -0.1) is 6.58 Å². The maximum Gasteiger partial charge on any atom is 0.303 e. The average Bonchev–Trinajstić information content (AvgIpc) is 3.01. The van der Waals surface area contributed by atoms with E-state index in [0.29, 0.717) is 30.1 Å². The highest BCUT2D eigenvalue weighted by atomic mass is 16.6. The fourth-order valence-corrected chi connectivity index (χ4v) is 3.68. The number of esters is 1. The predicted octanol–water partition coefficient (Wildman–Crippen LogP) is 3.06. The molecule has 1 amide bonds. The molecule has 30 heavy (non-hydrogen) atoms. The maximum absolute atomic E-state index is 12.8. The molecule has 0 N–H and O–H groups in total. The molecule has 2 aliphatic rings.